The molecule has 0 fully saturated rings. The van der Waals surface area contributed by atoms with E-state index in [1.807, 2.05) is 12.1 Å². The average Bonchev–Trinajstić information content (AvgIpc) is 2.16. The molecule has 1 heterocycles. The summed E-state index contributed by atoms with van der Waals surface area (Å²) in [6.45, 7) is 0. The summed E-state index contributed by atoms with van der Waals surface area (Å²) >= 11 is 5.83. The van der Waals surface area contributed by atoms with Crippen LogP contribution in [0.5, 0.6) is 0 Å². The van der Waals surface area contributed by atoms with Gasteiger partial charge in [0.1, 0.15) is 6.04 Å². The lowest BCUT2D eigenvalue weighted by molar-refractivity contribution is -0.138. The molecule has 2 rings (SSSR count). The number of aryl methyl sites for hydroxylation is 1. The van der Waals surface area contributed by atoms with E-state index in [0.717, 1.165) is 17.7 Å². The molecule has 1 aromatic rings. The highest BCUT2D eigenvalue weighted by atomic mass is 35.5. The van der Waals surface area contributed by atoms with Crippen LogP contribution >= 0.6 is 11.6 Å². The number of fused-ring (bicyclic) bond motifs is 1. The number of hydrogen-bond acceptors (Lipinski definition) is 2. The van der Waals surface area contributed by atoms with Gasteiger partial charge in [-0.15, -0.1) is 0 Å². The molecule has 1 aliphatic rings. The number of aliphatic carboxylic acids is 1. The first kappa shape index (κ1) is 9.34. The van der Waals surface area contributed by atoms with Gasteiger partial charge in [0.25, 0.3) is 0 Å². The number of anilines is 1. The summed E-state index contributed by atoms with van der Waals surface area (Å²) in [4.78, 5) is 10.7. The largest absolute Gasteiger partial charge is 0.480 e. The highest BCUT2D eigenvalue weighted by molar-refractivity contribution is 6.30. The predicted octanol–water partition coefficient (Wildman–Crippen LogP) is 2.15. The number of carboxylic acid groups (broad SMARTS) is 1. The number of carbonyl (C=O) groups is 1. The van der Waals surface area contributed by atoms with Crippen molar-refractivity contribution >= 4 is 23.3 Å². The van der Waals surface area contributed by atoms with Gasteiger partial charge in [0.15, 0.2) is 0 Å². The molecule has 0 unspecified atom stereocenters. The Morgan fingerprint density at radius 1 is 1.57 bits per heavy atom. The van der Waals surface area contributed by atoms with Crippen molar-refractivity contribution in [1.82, 2.24) is 0 Å². The lowest BCUT2D eigenvalue weighted by atomic mass is 9.98. The fourth-order valence-corrected chi connectivity index (χ4v) is 1.85. The molecular weight excluding hydrogens is 202 g/mol. The minimum atomic E-state index is -0.800. The number of halogens is 1. The maximum Gasteiger partial charge on any atom is 0.326 e. The van der Waals surface area contributed by atoms with E-state index in [-0.39, 0.29) is 0 Å². The predicted molar refractivity (Wildman–Crippen MR) is 54.8 cm³/mol. The first-order valence-corrected chi connectivity index (χ1v) is 4.82. The Labute approximate surface area is 86.7 Å². The van der Waals surface area contributed by atoms with Crippen molar-refractivity contribution in [3.63, 3.8) is 0 Å². The van der Waals surface area contributed by atoms with E-state index in [0.29, 0.717) is 11.4 Å². The molecule has 0 bridgehead atoms. The lowest BCUT2D eigenvalue weighted by Gasteiger charge is -2.23. The number of carboxylic acids is 1. The molecule has 1 atom stereocenters. The van der Waals surface area contributed by atoms with Crippen molar-refractivity contribution in [2.45, 2.75) is 18.9 Å². The van der Waals surface area contributed by atoms with Gasteiger partial charge < -0.3 is 10.4 Å². The first-order valence-electron chi connectivity index (χ1n) is 4.44. The number of rotatable bonds is 1. The summed E-state index contributed by atoms with van der Waals surface area (Å²) in [5.74, 6) is -0.800. The van der Waals surface area contributed by atoms with Crippen LogP contribution in [0.1, 0.15) is 12.0 Å². The maximum absolute atomic E-state index is 10.7. The summed E-state index contributed by atoms with van der Waals surface area (Å²) < 4.78 is 0. The van der Waals surface area contributed by atoms with Gasteiger partial charge in [-0.1, -0.05) is 11.6 Å². The lowest BCUT2D eigenvalue weighted by Crippen LogP contribution is -2.33. The van der Waals surface area contributed by atoms with E-state index < -0.39 is 12.0 Å². The molecule has 2 N–H and O–H groups in total. The van der Waals surface area contributed by atoms with Crippen LogP contribution in [0.3, 0.4) is 0 Å². The summed E-state index contributed by atoms with van der Waals surface area (Å²) in [7, 11) is 0. The van der Waals surface area contributed by atoms with Crippen LogP contribution in [0, 0.1) is 0 Å². The maximum atomic E-state index is 10.7. The highest BCUT2D eigenvalue weighted by Gasteiger charge is 2.22. The Balaban J connectivity index is 2.27. The van der Waals surface area contributed by atoms with Crippen LogP contribution in [0.15, 0.2) is 18.2 Å². The van der Waals surface area contributed by atoms with Crippen LogP contribution < -0.4 is 5.32 Å². The zero-order chi connectivity index (χ0) is 10.1. The molecule has 1 aromatic carbocycles. The third-order valence-corrected chi connectivity index (χ3v) is 2.63. The van der Waals surface area contributed by atoms with Gasteiger partial charge in [0.05, 0.1) is 0 Å². The van der Waals surface area contributed by atoms with Gasteiger partial charge in [-0.3, -0.25) is 0 Å². The van der Waals surface area contributed by atoms with Crippen molar-refractivity contribution in [2.24, 2.45) is 0 Å². The fourth-order valence-electron chi connectivity index (χ4n) is 1.65. The molecule has 0 saturated heterocycles. The first-order chi connectivity index (χ1) is 6.66. The molecular formula is C10H10ClNO2. The van der Waals surface area contributed by atoms with E-state index in [1.54, 1.807) is 6.07 Å². The van der Waals surface area contributed by atoms with Crippen molar-refractivity contribution in [3.05, 3.63) is 28.8 Å². The van der Waals surface area contributed by atoms with E-state index in [2.05, 4.69) is 5.32 Å². The standard InChI is InChI=1S/C10H10ClNO2/c11-7-2-4-8-6(5-7)1-3-9(12-8)10(13)14/h2,4-5,9,12H,1,3H2,(H,13,14)/t9-/m0/s1. The zero-order valence-corrected chi connectivity index (χ0v) is 8.21. The summed E-state index contributed by atoms with van der Waals surface area (Å²) in [6, 6.07) is 5.00. The Kier molecular flexibility index (Phi) is 2.33. The molecule has 14 heavy (non-hydrogen) atoms. The summed E-state index contributed by atoms with van der Waals surface area (Å²) in [5, 5.41) is 12.5. The van der Waals surface area contributed by atoms with E-state index in [4.69, 9.17) is 16.7 Å². The zero-order valence-electron chi connectivity index (χ0n) is 7.46. The normalized spacial score (nSPS) is 19.6. The molecule has 4 heteroatoms. The third kappa shape index (κ3) is 1.68. The van der Waals surface area contributed by atoms with Crippen molar-refractivity contribution in [3.8, 4) is 0 Å². The molecule has 0 aromatic heterocycles. The van der Waals surface area contributed by atoms with Gasteiger partial charge >= 0.3 is 5.97 Å². The third-order valence-electron chi connectivity index (χ3n) is 2.40. The Bertz CT molecular complexity index is 378. The van der Waals surface area contributed by atoms with Crippen LogP contribution in [0.2, 0.25) is 5.02 Å². The van der Waals surface area contributed by atoms with Crippen molar-refractivity contribution in [2.75, 3.05) is 5.32 Å². The van der Waals surface area contributed by atoms with Gasteiger partial charge in [0.2, 0.25) is 0 Å². The van der Waals surface area contributed by atoms with Crippen LogP contribution in [0.25, 0.3) is 0 Å². The molecule has 0 spiro atoms. The van der Waals surface area contributed by atoms with E-state index in [9.17, 15) is 4.79 Å². The molecule has 1 aliphatic heterocycles. The molecule has 0 amide bonds. The van der Waals surface area contributed by atoms with Crippen molar-refractivity contribution < 1.29 is 9.90 Å². The van der Waals surface area contributed by atoms with E-state index in [1.165, 1.54) is 0 Å². The SMILES string of the molecule is O=C(O)[C@@H]1CCc2cc(Cl)ccc2N1. The Morgan fingerprint density at radius 3 is 3.07 bits per heavy atom. The second kappa shape index (κ2) is 3.50. The van der Waals surface area contributed by atoms with E-state index >= 15 is 0 Å². The highest BCUT2D eigenvalue weighted by Crippen LogP contribution is 2.27. The van der Waals surface area contributed by atoms with Crippen LogP contribution in [0.4, 0.5) is 5.69 Å². The fraction of sp³-hybridized carbons (Fsp3) is 0.300. The molecule has 74 valence electrons. The summed E-state index contributed by atoms with van der Waals surface area (Å²) in [5.41, 5.74) is 1.98. The number of hydrogen-bond donors (Lipinski definition) is 2. The molecule has 3 nitrogen and oxygen atoms in total. The van der Waals surface area contributed by atoms with Gasteiger partial charge in [-0.2, -0.15) is 0 Å². The van der Waals surface area contributed by atoms with Crippen LogP contribution in [-0.2, 0) is 11.2 Å². The molecule has 0 saturated carbocycles. The summed E-state index contributed by atoms with van der Waals surface area (Å²) in [6.07, 6.45) is 1.38. The minimum Gasteiger partial charge on any atom is -0.480 e. The minimum absolute atomic E-state index is 0.469. The quantitative estimate of drug-likeness (QED) is 0.749. The monoisotopic (exact) mass is 211 g/mol. The van der Waals surface area contributed by atoms with Crippen molar-refractivity contribution in [1.29, 1.82) is 0 Å². The molecule has 0 radical (unpaired) electrons. The number of benzene rings is 1. The topological polar surface area (TPSA) is 49.3 Å². The van der Waals surface area contributed by atoms with Crippen LogP contribution in [-0.4, -0.2) is 17.1 Å². The smallest absolute Gasteiger partial charge is 0.326 e. The molecule has 0 aliphatic carbocycles. The van der Waals surface area contributed by atoms with Gasteiger partial charge in [-0.05, 0) is 36.6 Å². The second-order valence-corrected chi connectivity index (χ2v) is 3.81. The van der Waals surface area contributed by atoms with Gasteiger partial charge in [-0.25, -0.2) is 4.79 Å². The Hall–Kier alpha value is -1.22. The Morgan fingerprint density at radius 2 is 2.36 bits per heavy atom. The van der Waals surface area contributed by atoms with Gasteiger partial charge in [0, 0.05) is 10.7 Å². The second-order valence-electron chi connectivity index (χ2n) is 3.38. The average molecular weight is 212 g/mol. The number of nitrogens with one attached hydrogen (secondary N) is 1.